The van der Waals surface area contributed by atoms with E-state index < -0.39 is 17.7 Å². The fraction of sp³-hybridized carbons (Fsp3) is 0.192. The predicted octanol–water partition coefficient (Wildman–Crippen LogP) is 4.26. The molecule has 1 unspecified atom stereocenters. The third-order valence-electron chi connectivity index (χ3n) is 6.24. The Morgan fingerprint density at radius 1 is 1.12 bits per heavy atom. The van der Waals surface area contributed by atoms with Crippen molar-refractivity contribution in [2.75, 3.05) is 11.5 Å². The average molecular weight is 426 g/mol. The lowest BCUT2D eigenvalue weighted by atomic mass is 9.95. The third kappa shape index (κ3) is 3.07. The first kappa shape index (κ1) is 20.0. The molecule has 0 radical (unpaired) electrons. The minimum atomic E-state index is -0.784. The first-order valence-corrected chi connectivity index (χ1v) is 10.5. The Kier molecular flexibility index (Phi) is 4.78. The van der Waals surface area contributed by atoms with Crippen LogP contribution in [0, 0.1) is 13.8 Å². The van der Waals surface area contributed by atoms with Crippen molar-refractivity contribution in [1.29, 1.82) is 0 Å². The van der Waals surface area contributed by atoms with E-state index in [0.29, 0.717) is 23.4 Å². The van der Waals surface area contributed by atoms with E-state index in [9.17, 15) is 14.7 Å². The lowest BCUT2D eigenvalue weighted by Crippen LogP contribution is -2.30. The Balaban J connectivity index is 1.73. The van der Waals surface area contributed by atoms with Gasteiger partial charge < -0.3 is 9.84 Å². The molecule has 1 aromatic heterocycles. The van der Waals surface area contributed by atoms with Gasteiger partial charge in [0, 0.05) is 30.1 Å². The molecular weight excluding hydrogens is 404 g/mol. The molecule has 1 atom stereocenters. The summed E-state index contributed by atoms with van der Waals surface area (Å²) < 4.78 is 5.55. The highest BCUT2D eigenvalue weighted by Crippen LogP contribution is 2.43. The molecule has 3 heterocycles. The number of anilines is 1. The molecular formula is C26H22N2O4. The Hall–Kier alpha value is -3.93. The van der Waals surface area contributed by atoms with Crippen LogP contribution in [0.3, 0.4) is 0 Å². The largest absolute Gasteiger partial charge is 0.507 e. The summed E-state index contributed by atoms with van der Waals surface area (Å²) in [4.78, 5) is 32.2. The molecule has 0 saturated carbocycles. The molecule has 1 fully saturated rings. The number of fused-ring (bicyclic) bond motifs is 1. The molecule has 6 nitrogen and oxygen atoms in total. The number of aromatic nitrogens is 1. The number of hydrogen-bond acceptors (Lipinski definition) is 5. The van der Waals surface area contributed by atoms with E-state index in [4.69, 9.17) is 4.74 Å². The number of aliphatic hydroxyl groups is 1. The number of rotatable bonds is 3. The maximum absolute atomic E-state index is 13.3. The number of pyridine rings is 1. The normalized spacial score (nSPS) is 19.2. The van der Waals surface area contributed by atoms with E-state index in [1.807, 2.05) is 44.2 Å². The third-order valence-corrected chi connectivity index (χ3v) is 6.24. The highest BCUT2D eigenvalue weighted by Gasteiger charge is 2.47. The SMILES string of the molecule is Cc1cccc(N2C(=O)C(=O)/C(=C(\O)c3ccc4c(c3)CCO4)C2c2cccnc2)c1C. The van der Waals surface area contributed by atoms with Gasteiger partial charge in [0.1, 0.15) is 11.5 Å². The number of nitrogens with zero attached hydrogens (tertiary/aromatic N) is 2. The van der Waals surface area contributed by atoms with Crippen LogP contribution in [0.15, 0.2) is 66.5 Å². The number of ether oxygens (including phenoxy) is 1. The molecule has 1 amide bonds. The van der Waals surface area contributed by atoms with Crippen LogP contribution in [0.1, 0.15) is 33.9 Å². The number of carbonyl (C=O) groups is 2. The van der Waals surface area contributed by atoms with E-state index in [1.54, 1.807) is 30.6 Å². The van der Waals surface area contributed by atoms with Crippen LogP contribution in [0.25, 0.3) is 5.76 Å². The fourth-order valence-corrected chi connectivity index (χ4v) is 4.42. The van der Waals surface area contributed by atoms with Crippen LogP contribution in [0.5, 0.6) is 5.75 Å². The monoisotopic (exact) mass is 426 g/mol. The number of benzene rings is 2. The molecule has 0 spiro atoms. The summed E-state index contributed by atoms with van der Waals surface area (Å²) in [7, 11) is 0. The second-order valence-corrected chi connectivity index (χ2v) is 8.10. The van der Waals surface area contributed by atoms with Crippen LogP contribution in [-0.4, -0.2) is 28.4 Å². The summed E-state index contributed by atoms with van der Waals surface area (Å²) in [5, 5.41) is 11.3. The van der Waals surface area contributed by atoms with Gasteiger partial charge in [-0.15, -0.1) is 0 Å². The smallest absolute Gasteiger partial charge is 0.300 e. The summed E-state index contributed by atoms with van der Waals surface area (Å²) in [6.45, 7) is 4.47. The fourth-order valence-electron chi connectivity index (χ4n) is 4.42. The topological polar surface area (TPSA) is 79.7 Å². The quantitative estimate of drug-likeness (QED) is 0.385. The van der Waals surface area contributed by atoms with Crippen LogP contribution < -0.4 is 9.64 Å². The van der Waals surface area contributed by atoms with Gasteiger partial charge in [-0.25, -0.2) is 0 Å². The van der Waals surface area contributed by atoms with Gasteiger partial charge in [-0.2, -0.15) is 0 Å². The van der Waals surface area contributed by atoms with E-state index in [-0.39, 0.29) is 11.3 Å². The van der Waals surface area contributed by atoms with E-state index in [2.05, 4.69) is 4.98 Å². The number of aryl methyl sites for hydroxylation is 1. The van der Waals surface area contributed by atoms with Crippen LogP contribution >= 0.6 is 0 Å². The second-order valence-electron chi connectivity index (χ2n) is 8.10. The average Bonchev–Trinajstić information content (AvgIpc) is 3.38. The number of carbonyl (C=O) groups excluding carboxylic acids is 2. The molecule has 2 aromatic carbocycles. The zero-order valence-electron chi connectivity index (χ0n) is 17.8. The van der Waals surface area contributed by atoms with Crippen molar-refractivity contribution in [3.8, 4) is 5.75 Å². The first-order chi connectivity index (χ1) is 15.5. The van der Waals surface area contributed by atoms with E-state index in [1.165, 1.54) is 4.90 Å². The maximum atomic E-state index is 13.3. The predicted molar refractivity (Wildman–Crippen MR) is 121 cm³/mol. The van der Waals surface area contributed by atoms with Gasteiger partial charge >= 0.3 is 0 Å². The van der Waals surface area contributed by atoms with Gasteiger partial charge in [0.25, 0.3) is 11.7 Å². The van der Waals surface area contributed by atoms with Crippen LogP contribution in [0.2, 0.25) is 0 Å². The highest BCUT2D eigenvalue weighted by atomic mass is 16.5. The van der Waals surface area contributed by atoms with Crippen molar-refractivity contribution in [2.24, 2.45) is 0 Å². The van der Waals surface area contributed by atoms with Gasteiger partial charge in [0.05, 0.1) is 18.2 Å². The van der Waals surface area contributed by atoms with Gasteiger partial charge in [0.2, 0.25) is 0 Å². The van der Waals surface area contributed by atoms with Crippen molar-refractivity contribution in [3.63, 3.8) is 0 Å². The zero-order chi connectivity index (χ0) is 22.4. The molecule has 160 valence electrons. The molecule has 0 aliphatic carbocycles. The van der Waals surface area contributed by atoms with Crippen LogP contribution in [0.4, 0.5) is 5.69 Å². The number of aliphatic hydroxyl groups excluding tert-OH is 1. The molecule has 1 saturated heterocycles. The van der Waals surface area contributed by atoms with Gasteiger partial charge in [-0.1, -0.05) is 18.2 Å². The molecule has 0 bridgehead atoms. The minimum absolute atomic E-state index is 0.0581. The zero-order valence-corrected chi connectivity index (χ0v) is 17.8. The van der Waals surface area contributed by atoms with E-state index in [0.717, 1.165) is 28.9 Å². The lowest BCUT2D eigenvalue weighted by Gasteiger charge is -2.27. The molecule has 5 rings (SSSR count). The van der Waals surface area contributed by atoms with Crippen LogP contribution in [-0.2, 0) is 16.0 Å². The minimum Gasteiger partial charge on any atom is -0.507 e. The summed E-state index contributed by atoms with van der Waals surface area (Å²) in [5.74, 6) is -0.798. The number of amides is 1. The summed E-state index contributed by atoms with van der Waals surface area (Å²) in [6, 6.07) is 13.7. The summed E-state index contributed by atoms with van der Waals surface area (Å²) in [5.41, 5.74) is 4.72. The van der Waals surface area contributed by atoms with Crippen molar-refractivity contribution in [2.45, 2.75) is 26.3 Å². The van der Waals surface area contributed by atoms with Gasteiger partial charge in [0.15, 0.2) is 0 Å². The summed E-state index contributed by atoms with van der Waals surface area (Å²) in [6.07, 6.45) is 3.99. The van der Waals surface area contributed by atoms with Crippen molar-refractivity contribution in [3.05, 3.63) is 94.3 Å². The standard InChI is InChI=1S/C26H22N2O4/c1-15-5-3-7-20(16(15)2)28-23(19-6-4-11-27-14-19)22(25(30)26(28)31)24(29)18-8-9-21-17(13-18)10-12-32-21/h3-9,11,13-14,23,29H,10,12H2,1-2H3/b24-22-. The molecule has 2 aliphatic heterocycles. The van der Waals surface area contributed by atoms with Crippen molar-refractivity contribution in [1.82, 2.24) is 4.98 Å². The molecule has 3 aromatic rings. The first-order valence-electron chi connectivity index (χ1n) is 10.5. The highest BCUT2D eigenvalue weighted by molar-refractivity contribution is 6.51. The van der Waals surface area contributed by atoms with Crippen molar-refractivity contribution < 1.29 is 19.4 Å². The van der Waals surface area contributed by atoms with Gasteiger partial charge in [-0.05, 0) is 66.4 Å². The molecule has 2 aliphatic rings. The Morgan fingerprint density at radius 3 is 2.75 bits per heavy atom. The number of ketones is 1. The Labute approximate surface area is 185 Å². The van der Waals surface area contributed by atoms with E-state index >= 15 is 0 Å². The Morgan fingerprint density at radius 2 is 1.97 bits per heavy atom. The number of hydrogen-bond donors (Lipinski definition) is 1. The molecule has 1 N–H and O–H groups in total. The number of Topliss-reactive ketones (excluding diaryl/α,β-unsaturated/α-hetero) is 1. The molecule has 6 heteroatoms. The van der Waals surface area contributed by atoms with Gasteiger partial charge in [-0.3, -0.25) is 19.5 Å². The maximum Gasteiger partial charge on any atom is 0.300 e. The lowest BCUT2D eigenvalue weighted by molar-refractivity contribution is -0.132. The second kappa shape index (κ2) is 7.64. The van der Waals surface area contributed by atoms with Crippen molar-refractivity contribution >= 4 is 23.1 Å². The molecule has 32 heavy (non-hydrogen) atoms. The Bertz CT molecular complexity index is 1280. The summed E-state index contributed by atoms with van der Waals surface area (Å²) >= 11 is 0.